The average molecular weight is 460 g/mol. The topological polar surface area (TPSA) is 47.6 Å². The molecule has 0 unspecified atom stereocenters. The summed E-state index contributed by atoms with van der Waals surface area (Å²) in [7, 11) is 0. The van der Waals surface area contributed by atoms with E-state index in [9.17, 15) is 9.18 Å². The number of benzene rings is 3. The van der Waals surface area contributed by atoms with Crippen LogP contribution in [0.25, 0.3) is 11.6 Å². The Kier molecular flexibility index (Phi) is 8.47. The Bertz CT molecular complexity index is 1080. The predicted octanol–water partition coefficient (Wildman–Crippen LogP) is 6.62. The molecule has 1 saturated carbocycles. The third kappa shape index (κ3) is 7.03. The van der Waals surface area contributed by atoms with E-state index in [1.165, 1.54) is 6.07 Å². The zero-order chi connectivity index (χ0) is 23.6. The Morgan fingerprint density at radius 1 is 0.882 bits per heavy atom. The molecule has 1 amide bonds. The van der Waals surface area contributed by atoms with Gasteiger partial charge in [-0.3, -0.25) is 0 Å². The zero-order valence-corrected chi connectivity index (χ0v) is 19.2. The van der Waals surface area contributed by atoms with Crippen molar-refractivity contribution in [2.45, 2.75) is 44.4 Å². The number of carbonyl (C=O) groups excluding carboxylic acids is 1. The first-order chi connectivity index (χ1) is 16.7. The van der Waals surface area contributed by atoms with E-state index in [2.05, 4.69) is 5.32 Å². The van der Waals surface area contributed by atoms with Gasteiger partial charge < -0.3 is 14.8 Å². The SMILES string of the molecule is O=C(NC1CCC(OCC(=Cc2ccccc2)c2ccccc2F)CC1)OCc1ccccc1. The van der Waals surface area contributed by atoms with Gasteiger partial charge in [0, 0.05) is 11.6 Å². The summed E-state index contributed by atoms with van der Waals surface area (Å²) in [4.78, 5) is 12.1. The monoisotopic (exact) mass is 459 g/mol. The number of nitrogens with one attached hydrogen (secondary N) is 1. The molecule has 5 heteroatoms. The number of halogens is 1. The molecule has 0 bridgehead atoms. The Hall–Kier alpha value is -3.44. The molecular weight excluding hydrogens is 429 g/mol. The van der Waals surface area contributed by atoms with Crippen molar-refractivity contribution >= 4 is 17.7 Å². The van der Waals surface area contributed by atoms with Crippen molar-refractivity contribution in [2.75, 3.05) is 6.61 Å². The summed E-state index contributed by atoms with van der Waals surface area (Å²) in [6.07, 6.45) is 4.98. The van der Waals surface area contributed by atoms with Crippen LogP contribution in [-0.4, -0.2) is 24.8 Å². The van der Waals surface area contributed by atoms with Crippen molar-refractivity contribution < 1.29 is 18.7 Å². The molecule has 0 atom stereocenters. The van der Waals surface area contributed by atoms with Gasteiger partial charge in [0.25, 0.3) is 0 Å². The van der Waals surface area contributed by atoms with Crippen LogP contribution in [-0.2, 0) is 16.1 Å². The molecule has 0 aromatic heterocycles. The van der Waals surface area contributed by atoms with Crippen molar-refractivity contribution in [3.8, 4) is 0 Å². The van der Waals surface area contributed by atoms with E-state index < -0.39 is 0 Å². The molecule has 176 valence electrons. The number of ether oxygens (including phenoxy) is 2. The molecule has 0 saturated heterocycles. The second kappa shape index (κ2) is 12.1. The van der Waals surface area contributed by atoms with E-state index >= 15 is 0 Å². The maximum absolute atomic E-state index is 14.5. The molecule has 1 N–H and O–H groups in total. The first-order valence-electron chi connectivity index (χ1n) is 11.8. The summed E-state index contributed by atoms with van der Waals surface area (Å²) in [5.41, 5.74) is 3.34. The number of rotatable bonds is 8. The lowest BCUT2D eigenvalue weighted by Crippen LogP contribution is -2.39. The standard InChI is InChI=1S/C29H30FNO3/c30-28-14-8-7-13-27(28)24(19-22-9-3-1-4-10-22)21-33-26-17-15-25(16-18-26)31-29(32)34-20-23-11-5-2-6-12-23/h1-14,19,25-26H,15-18,20-21H2,(H,31,32). The first-order valence-corrected chi connectivity index (χ1v) is 11.8. The smallest absolute Gasteiger partial charge is 0.407 e. The summed E-state index contributed by atoms with van der Waals surface area (Å²) in [6, 6.07) is 26.4. The van der Waals surface area contributed by atoms with Gasteiger partial charge in [-0.25, -0.2) is 9.18 Å². The van der Waals surface area contributed by atoms with Gasteiger partial charge in [-0.2, -0.15) is 0 Å². The van der Waals surface area contributed by atoms with Gasteiger partial charge in [0.15, 0.2) is 0 Å². The minimum atomic E-state index is -0.388. The molecule has 1 aliphatic rings. The summed E-state index contributed by atoms with van der Waals surface area (Å²) in [6.45, 7) is 0.593. The number of hydrogen-bond donors (Lipinski definition) is 1. The van der Waals surface area contributed by atoms with Crippen LogP contribution in [0.5, 0.6) is 0 Å². The number of amides is 1. The largest absolute Gasteiger partial charge is 0.445 e. The maximum Gasteiger partial charge on any atom is 0.407 e. The van der Waals surface area contributed by atoms with Crippen LogP contribution in [0.2, 0.25) is 0 Å². The van der Waals surface area contributed by atoms with E-state index in [0.717, 1.165) is 42.4 Å². The van der Waals surface area contributed by atoms with Crippen molar-refractivity contribution in [3.05, 3.63) is 107 Å². The van der Waals surface area contributed by atoms with Crippen molar-refractivity contribution in [3.63, 3.8) is 0 Å². The molecule has 1 aliphatic carbocycles. The lowest BCUT2D eigenvalue weighted by molar-refractivity contribution is 0.0417. The summed E-state index contributed by atoms with van der Waals surface area (Å²) in [5, 5.41) is 2.96. The van der Waals surface area contributed by atoms with Crippen molar-refractivity contribution in [1.82, 2.24) is 5.32 Å². The van der Waals surface area contributed by atoms with E-state index in [-0.39, 0.29) is 30.7 Å². The second-order valence-corrected chi connectivity index (χ2v) is 8.55. The predicted molar refractivity (Wildman–Crippen MR) is 132 cm³/mol. The fraction of sp³-hybridized carbons (Fsp3) is 0.276. The minimum absolute atomic E-state index is 0.0735. The number of alkyl carbamates (subject to hydrolysis) is 1. The molecule has 0 aliphatic heterocycles. The highest BCUT2D eigenvalue weighted by Gasteiger charge is 2.24. The molecule has 4 nitrogen and oxygen atoms in total. The van der Waals surface area contributed by atoms with Gasteiger partial charge in [0.2, 0.25) is 0 Å². The van der Waals surface area contributed by atoms with E-state index in [4.69, 9.17) is 9.47 Å². The lowest BCUT2D eigenvalue weighted by atomic mass is 9.93. The quantitative estimate of drug-likeness (QED) is 0.385. The van der Waals surface area contributed by atoms with Crippen LogP contribution in [0.1, 0.15) is 42.4 Å². The highest BCUT2D eigenvalue weighted by Crippen LogP contribution is 2.26. The minimum Gasteiger partial charge on any atom is -0.445 e. The molecule has 34 heavy (non-hydrogen) atoms. The Morgan fingerprint density at radius 3 is 2.24 bits per heavy atom. The van der Waals surface area contributed by atoms with E-state index in [1.807, 2.05) is 72.8 Å². The Morgan fingerprint density at radius 2 is 1.53 bits per heavy atom. The number of carbonyl (C=O) groups is 1. The van der Waals surface area contributed by atoms with Crippen molar-refractivity contribution in [2.24, 2.45) is 0 Å². The van der Waals surface area contributed by atoms with Gasteiger partial charge >= 0.3 is 6.09 Å². The molecule has 0 spiro atoms. The number of hydrogen-bond acceptors (Lipinski definition) is 3. The van der Waals surface area contributed by atoms with Crippen LogP contribution >= 0.6 is 0 Å². The van der Waals surface area contributed by atoms with Gasteiger partial charge in [-0.15, -0.1) is 0 Å². The van der Waals surface area contributed by atoms with Gasteiger partial charge in [-0.1, -0.05) is 78.9 Å². The molecule has 0 radical (unpaired) electrons. The fourth-order valence-electron chi connectivity index (χ4n) is 4.18. The molecule has 3 aromatic rings. The van der Waals surface area contributed by atoms with Crippen molar-refractivity contribution in [1.29, 1.82) is 0 Å². The van der Waals surface area contributed by atoms with Gasteiger partial charge in [-0.05, 0) is 54.5 Å². The fourth-order valence-corrected chi connectivity index (χ4v) is 4.18. The highest BCUT2D eigenvalue weighted by molar-refractivity contribution is 5.82. The maximum atomic E-state index is 14.5. The molecule has 4 rings (SSSR count). The summed E-state index contributed by atoms with van der Waals surface area (Å²) >= 11 is 0. The normalized spacial score (nSPS) is 18.3. The van der Waals surface area contributed by atoms with Gasteiger partial charge in [0.05, 0.1) is 12.7 Å². The summed E-state index contributed by atoms with van der Waals surface area (Å²) < 4.78 is 26.0. The Balaban J connectivity index is 1.27. The zero-order valence-electron chi connectivity index (χ0n) is 19.2. The van der Waals surface area contributed by atoms with E-state index in [0.29, 0.717) is 12.2 Å². The van der Waals surface area contributed by atoms with Crippen LogP contribution < -0.4 is 5.32 Å². The second-order valence-electron chi connectivity index (χ2n) is 8.55. The molecule has 3 aromatic carbocycles. The third-order valence-corrected chi connectivity index (χ3v) is 6.04. The molecule has 0 heterocycles. The van der Waals surface area contributed by atoms with E-state index in [1.54, 1.807) is 12.1 Å². The van der Waals surface area contributed by atoms with Crippen LogP contribution in [0.15, 0.2) is 84.9 Å². The Labute approximate surface area is 200 Å². The lowest BCUT2D eigenvalue weighted by Gasteiger charge is -2.29. The molecule has 1 fully saturated rings. The first kappa shape index (κ1) is 23.7. The van der Waals surface area contributed by atoms with Crippen LogP contribution in [0.4, 0.5) is 9.18 Å². The highest BCUT2D eigenvalue weighted by atomic mass is 19.1. The van der Waals surface area contributed by atoms with Crippen LogP contribution in [0, 0.1) is 5.82 Å². The molecular formula is C29H30FNO3. The van der Waals surface area contributed by atoms with Gasteiger partial charge in [0.1, 0.15) is 12.4 Å². The third-order valence-electron chi connectivity index (χ3n) is 6.04. The summed E-state index contributed by atoms with van der Waals surface area (Å²) in [5.74, 6) is -0.254. The average Bonchev–Trinajstić information content (AvgIpc) is 2.88. The van der Waals surface area contributed by atoms with Crippen LogP contribution in [0.3, 0.4) is 0 Å².